The van der Waals surface area contributed by atoms with Gasteiger partial charge in [-0.2, -0.15) is 4.52 Å². The Bertz CT molecular complexity index is 1960. The number of aromatic hydroxyl groups is 1. The summed E-state index contributed by atoms with van der Waals surface area (Å²) in [5, 5.41) is 57.4. The molecule has 2 saturated heterocycles. The number of rotatable bonds is 14. The van der Waals surface area contributed by atoms with Gasteiger partial charge in [-0.25, -0.2) is 4.79 Å². The predicted octanol–water partition coefficient (Wildman–Crippen LogP) is 6.25. The lowest BCUT2D eigenvalue weighted by molar-refractivity contribution is -0.385. The Hall–Kier alpha value is -5.22. The first kappa shape index (κ1) is 38.5. The van der Waals surface area contributed by atoms with Crippen LogP contribution in [0.25, 0.3) is 0 Å². The molecular formula is C37H40N4O12P+. The molecule has 0 bridgehead atoms. The lowest BCUT2D eigenvalue weighted by Gasteiger charge is -2.36. The fourth-order valence-electron chi connectivity index (χ4n) is 6.70. The summed E-state index contributed by atoms with van der Waals surface area (Å²) in [6.45, 7) is 3.58. The molecule has 284 valence electrons. The monoisotopic (exact) mass is 763 g/mol. The molecule has 6 rings (SSSR count). The number of benzene rings is 4. The highest BCUT2D eigenvalue weighted by Crippen LogP contribution is 2.70. The van der Waals surface area contributed by atoms with E-state index in [4.69, 9.17) is 18.3 Å². The van der Waals surface area contributed by atoms with E-state index in [1.165, 1.54) is 70.5 Å². The van der Waals surface area contributed by atoms with Crippen molar-refractivity contribution in [3.63, 3.8) is 0 Å². The van der Waals surface area contributed by atoms with Crippen LogP contribution in [0.5, 0.6) is 11.5 Å². The van der Waals surface area contributed by atoms with Gasteiger partial charge in [0.1, 0.15) is 23.7 Å². The summed E-state index contributed by atoms with van der Waals surface area (Å²) in [5.41, 5.74) is 1.44. The number of nitro groups is 2. The van der Waals surface area contributed by atoms with Gasteiger partial charge in [-0.1, -0.05) is 48.5 Å². The number of nitro benzene ring substituents is 2. The highest BCUT2D eigenvalue weighted by Gasteiger charge is 2.60. The molecule has 4 aromatic rings. The van der Waals surface area contributed by atoms with Crippen molar-refractivity contribution in [3.8, 4) is 11.5 Å². The van der Waals surface area contributed by atoms with E-state index in [1.807, 2.05) is 6.92 Å². The first-order valence-electron chi connectivity index (χ1n) is 17.2. The van der Waals surface area contributed by atoms with Gasteiger partial charge in [-0.05, 0) is 66.8 Å². The van der Waals surface area contributed by atoms with Crippen molar-refractivity contribution in [2.24, 2.45) is 0 Å². The number of hydrogen-bond donors (Lipinski definition) is 3. The fraction of sp³-hybridized carbons (Fsp3) is 0.324. The Morgan fingerprint density at radius 2 is 1.37 bits per heavy atom. The maximum absolute atomic E-state index is 14.9. The molecule has 0 aliphatic carbocycles. The standard InChI is InChI=1S/C37H39N4O12P/c1-3-51-54(52-24(2)53-54)23-50-32-16-10-25(11-17-32)20-33-35(43)36(44)34(28-12-14-31(42)15-13-28)39(22-27-7-5-9-30(19-27)41(48)49)37(45)38(33)21-26-6-4-8-29(18-26)40(46)47/h4-19,24,33-36,43-44H,3,20-23H2,1-2H3/p+1/t24?,33-,34?,35+,36+,54?/m1/s1. The predicted molar refractivity (Wildman–Crippen MR) is 195 cm³/mol. The molecule has 2 heterocycles. The van der Waals surface area contributed by atoms with Gasteiger partial charge in [-0.3, -0.25) is 20.2 Å². The Labute approximate surface area is 311 Å². The summed E-state index contributed by atoms with van der Waals surface area (Å²) in [7, 11) is -2.60. The van der Waals surface area contributed by atoms with Gasteiger partial charge in [0.15, 0.2) is 0 Å². The highest BCUT2D eigenvalue weighted by atomic mass is 31.2. The lowest BCUT2D eigenvalue weighted by Crippen LogP contribution is -2.50. The molecule has 4 atom stereocenters. The number of nitrogens with zero attached hydrogens (tertiary/aromatic N) is 4. The second-order valence-corrected chi connectivity index (χ2v) is 15.1. The maximum atomic E-state index is 14.9. The Morgan fingerprint density at radius 1 is 0.796 bits per heavy atom. The molecule has 16 nitrogen and oxygen atoms in total. The number of hydrogen-bond acceptors (Lipinski definition) is 12. The largest absolute Gasteiger partial charge is 0.508 e. The topological polar surface area (TPSA) is 207 Å². The zero-order valence-corrected chi connectivity index (χ0v) is 30.3. The Balaban J connectivity index is 1.37. The Kier molecular flexibility index (Phi) is 11.7. The van der Waals surface area contributed by atoms with E-state index in [2.05, 4.69) is 0 Å². The molecule has 2 fully saturated rings. The van der Waals surface area contributed by atoms with Crippen molar-refractivity contribution in [1.82, 2.24) is 9.80 Å². The molecule has 2 aliphatic heterocycles. The van der Waals surface area contributed by atoms with E-state index in [-0.39, 0.29) is 49.3 Å². The molecular weight excluding hydrogens is 723 g/mol. The summed E-state index contributed by atoms with van der Waals surface area (Å²) in [6.07, 6.45) is -3.43. The zero-order chi connectivity index (χ0) is 38.6. The van der Waals surface area contributed by atoms with Crippen LogP contribution in [-0.4, -0.2) is 78.5 Å². The lowest BCUT2D eigenvalue weighted by atomic mass is 9.90. The minimum atomic E-state index is -2.60. The zero-order valence-electron chi connectivity index (χ0n) is 29.4. The molecule has 54 heavy (non-hydrogen) atoms. The first-order valence-corrected chi connectivity index (χ1v) is 18.9. The van der Waals surface area contributed by atoms with Gasteiger partial charge < -0.3 is 29.9 Å². The molecule has 0 saturated carbocycles. The van der Waals surface area contributed by atoms with Gasteiger partial charge in [0, 0.05) is 37.4 Å². The van der Waals surface area contributed by atoms with Crippen LogP contribution < -0.4 is 4.74 Å². The van der Waals surface area contributed by atoms with Gasteiger partial charge in [0.25, 0.3) is 24.0 Å². The van der Waals surface area contributed by atoms with Gasteiger partial charge in [0.2, 0.25) is 0 Å². The minimum absolute atomic E-state index is 0.0474. The molecule has 2 amide bonds. The van der Waals surface area contributed by atoms with E-state index in [9.17, 15) is 40.3 Å². The SMILES string of the molecule is CCO[P+]1(COc2ccc(C[C@@H]3[C@H](O)[C@@H](O)C(c4ccc(O)cc4)N(Cc4cccc([N+](=O)[O-])c4)C(=O)N3Cc3cccc([N+](=O)[O-])c3)cc2)OC(C)O1. The molecule has 0 aromatic heterocycles. The maximum Gasteiger partial charge on any atom is 0.457 e. The normalized spacial score (nSPS) is 24.1. The van der Waals surface area contributed by atoms with Crippen LogP contribution in [0.3, 0.4) is 0 Å². The van der Waals surface area contributed by atoms with Crippen LogP contribution in [0.2, 0.25) is 0 Å². The average Bonchev–Trinajstić information content (AvgIpc) is 3.21. The summed E-state index contributed by atoms with van der Waals surface area (Å²) in [6, 6.07) is 21.3. The molecule has 1 unspecified atom stereocenters. The van der Waals surface area contributed by atoms with E-state index >= 15 is 0 Å². The summed E-state index contributed by atoms with van der Waals surface area (Å²) < 4.78 is 23.0. The number of carbonyl (C=O) groups is 1. The number of ether oxygens (including phenoxy) is 1. The third-order valence-corrected chi connectivity index (χ3v) is 11.5. The third-order valence-electron chi connectivity index (χ3n) is 9.18. The number of aliphatic hydroxyl groups is 2. The quantitative estimate of drug-likeness (QED) is 0.0740. The molecule has 2 aliphatic rings. The van der Waals surface area contributed by atoms with Crippen LogP contribution >= 0.6 is 7.94 Å². The summed E-state index contributed by atoms with van der Waals surface area (Å²) >= 11 is 0. The van der Waals surface area contributed by atoms with Crippen LogP contribution in [0.15, 0.2) is 97.1 Å². The van der Waals surface area contributed by atoms with Crippen LogP contribution in [0, 0.1) is 20.2 Å². The van der Waals surface area contributed by atoms with Crippen molar-refractivity contribution in [2.75, 3.05) is 13.0 Å². The van der Waals surface area contributed by atoms with Crippen molar-refractivity contribution >= 4 is 25.3 Å². The molecule has 4 aromatic carbocycles. The first-order chi connectivity index (χ1) is 25.9. The number of phenolic OH excluding ortho intramolecular Hbond substituents is 1. The molecule has 3 N–H and O–H groups in total. The number of aliphatic hydroxyl groups excluding tert-OH is 2. The molecule has 0 radical (unpaired) electrons. The minimum Gasteiger partial charge on any atom is -0.508 e. The average molecular weight is 764 g/mol. The number of phenols is 1. The Morgan fingerprint density at radius 3 is 1.91 bits per heavy atom. The highest BCUT2D eigenvalue weighted by molar-refractivity contribution is 7.62. The smallest absolute Gasteiger partial charge is 0.457 e. The second kappa shape index (κ2) is 16.4. The van der Waals surface area contributed by atoms with Crippen molar-refractivity contribution in [3.05, 3.63) is 140 Å². The van der Waals surface area contributed by atoms with E-state index < -0.39 is 48.1 Å². The van der Waals surface area contributed by atoms with Crippen molar-refractivity contribution < 1.29 is 48.3 Å². The summed E-state index contributed by atoms with van der Waals surface area (Å²) in [4.78, 5) is 39.8. The van der Waals surface area contributed by atoms with Crippen molar-refractivity contribution in [1.29, 1.82) is 0 Å². The number of amides is 2. The molecule has 0 spiro atoms. The number of carbonyl (C=O) groups excluding carboxylic acids is 1. The van der Waals surface area contributed by atoms with E-state index in [0.717, 1.165) is 0 Å². The van der Waals surface area contributed by atoms with Gasteiger partial charge in [0.05, 0.1) is 28.5 Å². The van der Waals surface area contributed by atoms with Crippen LogP contribution in [0.4, 0.5) is 16.2 Å². The van der Waals surface area contributed by atoms with Crippen LogP contribution in [-0.2, 0) is 33.1 Å². The third kappa shape index (κ3) is 8.60. The number of non-ortho nitro benzene ring substituents is 2. The van der Waals surface area contributed by atoms with Gasteiger partial charge >= 0.3 is 14.0 Å². The number of urea groups is 1. The second-order valence-electron chi connectivity index (χ2n) is 12.9. The van der Waals surface area contributed by atoms with Gasteiger partial charge in [-0.15, -0.1) is 9.05 Å². The molecule has 17 heteroatoms. The van der Waals surface area contributed by atoms with E-state index in [1.54, 1.807) is 43.3 Å². The van der Waals surface area contributed by atoms with Crippen molar-refractivity contribution in [2.45, 2.75) is 63.9 Å². The van der Waals surface area contributed by atoms with E-state index in [0.29, 0.717) is 34.6 Å². The fourth-order valence-corrected chi connectivity index (χ4v) is 8.64. The summed E-state index contributed by atoms with van der Waals surface area (Å²) in [5.74, 6) is 0.430. The van der Waals surface area contributed by atoms with Crippen LogP contribution in [0.1, 0.15) is 42.1 Å².